The maximum absolute atomic E-state index is 13.5. The van der Waals surface area contributed by atoms with Gasteiger partial charge in [-0.25, -0.2) is 8.42 Å². The molecule has 2 fully saturated rings. The number of nitrogens with zero attached hydrogens (tertiary/aromatic N) is 4. The predicted octanol–water partition coefficient (Wildman–Crippen LogP) is 4.30. The topological polar surface area (TPSA) is 75.0 Å². The molecule has 3 aromatic rings. The molecule has 3 heterocycles. The minimum absolute atomic E-state index is 0.0355. The average Bonchev–Trinajstić information content (AvgIpc) is 3.48. The molecule has 9 heteroatoms. The van der Waals surface area contributed by atoms with E-state index in [4.69, 9.17) is 0 Å². The third-order valence-electron chi connectivity index (χ3n) is 7.66. The molecular weight excluding hydrogens is 492 g/mol. The van der Waals surface area contributed by atoms with Crippen molar-refractivity contribution in [1.82, 2.24) is 13.8 Å². The number of sulfonamides is 1. The molecule has 36 heavy (non-hydrogen) atoms. The van der Waals surface area contributed by atoms with Gasteiger partial charge >= 0.3 is 4.87 Å². The van der Waals surface area contributed by atoms with E-state index >= 15 is 0 Å². The van der Waals surface area contributed by atoms with Crippen molar-refractivity contribution >= 4 is 37.8 Å². The first kappa shape index (κ1) is 25.3. The van der Waals surface area contributed by atoms with E-state index in [2.05, 4.69) is 9.89 Å². The fraction of sp³-hybridized carbons (Fsp3) is 0.481. The first-order valence-electron chi connectivity index (χ1n) is 12.8. The summed E-state index contributed by atoms with van der Waals surface area (Å²) in [6.07, 6.45) is 6.29. The van der Waals surface area contributed by atoms with Gasteiger partial charge in [0.1, 0.15) is 0 Å². The number of thiazole rings is 1. The number of piperidine rings is 1. The van der Waals surface area contributed by atoms with E-state index in [9.17, 15) is 13.2 Å². The molecule has 0 bridgehead atoms. The lowest BCUT2D eigenvalue weighted by atomic mass is 10.0. The Hall–Kier alpha value is -2.33. The van der Waals surface area contributed by atoms with Gasteiger partial charge in [-0.1, -0.05) is 29.5 Å². The zero-order valence-corrected chi connectivity index (χ0v) is 22.6. The van der Waals surface area contributed by atoms with Crippen molar-refractivity contribution in [3.63, 3.8) is 0 Å². The fourth-order valence-corrected chi connectivity index (χ4v) is 8.47. The van der Waals surface area contributed by atoms with Crippen LogP contribution >= 0.6 is 11.3 Å². The minimum atomic E-state index is -3.53. The lowest BCUT2D eigenvalue weighted by Crippen LogP contribution is -2.41. The number of aryl methyl sites for hydroxylation is 1. The molecule has 0 spiro atoms. The number of aromatic nitrogens is 1. The molecule has 0 aliphatic carbocycles. The molecule has 1 atom stereocenters. The van der Waals surface area contributed by atoms with E-state index in [1.165, 1.54) is 11.3 Å². The van der Waals surface area contributed by atoms with Crippen LogP contribution in [0.15, 0.2) is 57.1 Å². The quantitative estimate of drug-likeness (QED) is 0.430. The minimum Gasteiger partial charge on any atom is -0.303 e. The number of aliphatic imine (C=N–C) groups is 1. The summed E-state index contributed by atoms with van der Waals surface area (Å²) in [6.45, 7) is 5.25. The van der Waals surface area contributed by atoms with Crippen molar-refractivity contribution in [2.45, 2.75) is 56.0 Å². The Morgan fingerprint density at radius 2 is 1.86 bits per heavy atom. The van der Waals surface area contributed by atoms with Crippen LogP contribution in [0.1, 0.15) is 49.3 Å². The normalized spacial score (nSPS) is 20.7. The highest BCUT2D eigenvalue weighted by atomic mass is 32.2. The van der Waals surface area contributed by atoms with Gasteiger partial charge < -0.3 is 4.90 Å². The molecule has 7 nitrogen and oxygen atoms in total. The zero-order valence-electron chi connectivity index (χ0n) is 21.0. The van der Waals surface area contributed by atoms with Gasteiger partial charge in [0, 0.05) is 45.0 Å². The van der Waals surface area contributed by atoms with E-state index in [0.717, 1.165) is 73.1 Å². The van der Waals surface area contributed by atoms with Gasteiger partial charge in [-0.3, -0.25) is 14.4 Å². The Balaban J connectivity index is 1.21. The van der Waals surface area contributed by atoms with Crippen molar-refractivity contribution in [3.8, 4) is 0 Å². The van der Waals surface area contributed by atoms with Crippen molar-refractivity contribution in [2.75, 3.05) is 33.2 Å². The number of hydrogen-bond acceptors (Lipinski definition) is 6. The fourth-order valence-electron chi connectivity index (χ4n) is 5.70. The zero-order chi connectivity index (χ0) is 25.3. The highest BCUT2D eigenvalue weighted by molar-refractivity contribution is 7.89. The highest BCUT2D eigenvalue weighted by Gasteiger charge is 2.35. The number of fused-ring (bicyclic) bond motifs is 1. The number of hydrogen-bond donors (Lipinski definition) is 0. The number of likely N-dealkylation sites (tertiary alicyclic amines) is 1. The Labute approximate surface area is 217 Å². The van der Waals surface area contributed by atoms with E-state index < -0.39 is 10.0 Å². The van der Waals surface area contributed by atoms with E-state index in [1.807, 2.05) is 41.8 Å². The Morgan fingerprint density at radius 3 is 2.61 bits per heavy atom. The first-order chi connectivity index (χ1) is 17.4. The molecule has 2 aliphatic rings. The average molecular weight is 527 g/mol. The molecule has 0 saturated carbocycles. The summed E-state index contributed by atoms with van der Waals surface area (Å²) in [5.41, 5.74) is 2.90. The predicted molar refractivity (Wildman–Crippen MR) is 147 cm³/mol. The Morgan fingerprint density at radius 1 is 1.08 bits per heavy atom. The molecule has 5 rings (SSSR count). The first-order valence-corrected chi connectivity index (χ1v) is 15.0. The summed E-state index contributed by atoms with van der Waals surface area (Å²) in [4.78, 5) is 19.6. The van der Waals surface area contributed by atoms with Crippen molar-refractivity contribution in [2.24, 2.45) is 4.99 Å². The van der Waals surface area contributed by atoms with Crippen LogP contribution < -0.4 is 4.87 Å². The molecular formula is C27H34N4O3S2. The summed E-state index contributed by atoms with van der Waals surface area (Å²) >= 11 is 1.33. The molecule has 192 valence electrons. The van der Waals surface area contributed by atoms with Crippen molar-refractivity contribution < 1.29 is 8.42 Å². The molecule has 2 aliphatic heterocycles. The van der Waals surface area contributed by atoms with Crippen LogP contribution in [-0.4, -0.2) is 67.7 Å². The third-order valence-corrected chi connectivity index (χ3v) is 10.5. The second-order valence-corrected chi connectivity index (χ2v) is 12.8. The number of benzene rings is 2. The van der Waals surface area contributed by atoms with Crippen LogP contribution in [0.5, 0.6) is 0 Å². The van der Waals surface area contributed by atoms with Crippen LogP contribution in [0.4, 0.5) is 0 Å². The second-order valence-electron chi connectivity index (χ2n) is 9.88. The third kappa shape index (κ3) is 4.94. The molecule has 2 aromatic carbocycles. The lowest BCUT2D eigenvalue weighted by molar-refractivity contribution is 0.175. The Kier molecular flexibility index (Phi) is 7.44. The summed E-state index contributed by atoms with van der Waals surface area (Å²) in [6, 6.07) is 13.6. The molecule has 0 N–H and O–H groups in total. The van der Waals surface area contributed by atoms with Crippen molar-refractivity contribution in [1.29, 1.82) is 0 Å². The second kappa shape index (κ2) is 10.6. The van der Waals surface area contributed by atoms with Gasteiger partial charge in [-0.05, 0) is 81.0 Å². The standard InChI is InChI=1S/C27H34N4O3S2/c1-20-18-24(10-9-21(20)19-28-2)36(33,34)30-14-5-6-22(30)11-15-29-16-12-23(13-17-29)31-25-7-3-4-8-26(25)35-27(31)32/h3-4,7-10,18-19,22-23H,5-6,11-17H2,1-2H3/t22-/m1/s1. The molecule has 0 unspecified atom stereocenters. The van der Waals surface area contributed by atoms with Gasteiger partial charge in [0.05, 0.1) is 15.1 Å². The SMILES string of the molecule is CN=Cc1ccc(S(=O)(=O)N2CCC[C@@H]2CCN2CCC(n3c(=O)sc4ccccc43)CC2)cc1C. The van der Waals surface area contributed by atoms with Crippen LogP contribution in [0.25, 0.3) is 10.2 Å². The highest BCUT2D eigenvalue weighted by Crippen LogP contribution is 2.31. The van der Waals surface area contributed by atoms with Crippen LogP contribution in [0.3, 0.4) is 0 Å². The molecule has 2 saturated heterocycles. The molecule has 1 aromatic heterocycles. The molecule has 0 amide bonds. The van der Waals surface area contributed by atoms with Gasteiger partial charge in [0.15, 0.2) is 0 Å². The Bertz CT molecular complexity index is 1420. The van der Waals surface area contributed by atoms with Crippen molar-refractivity contribution in [3.05, 3.63) is 63.3 Å². The van der Waals surface area contributed by atoms with Crippen LogP contribution in [0, 0.1) is 6.92 Å². The number of rotatable bonds is 7. The van der Waals surface area contributed by atoms with Gasteiger partial charge in [0.25, 0.3) is 0 Å². The largest absolute Gasteiger partial charge is 0.308 e. The van der Waals surface area contributed by atoms with E-state index in [0.29, 0.717) is 11.4 Å². The lowest BCUT2D eigenvalue weighted by Gasteiger charge is -2.34. The maximum atomic E-state index is 13.5. The maximum Gasteiger partial charge on any atom is 0.308 e. The van der Waals surface area contributed by atoms with Crippen LogP contribution in [-0.2, 0) is 10.0 Å². The monoisotopic (exact) mass is 526 g/mol. The van der Waals surface area contributed by atoms with Gasteiger partial charge in [0.2, 0.25) is 10.0 Å². The number of para-hydroxylation sites is 1. The summed E-state index contributed by atoms with van der Waals surface area (Å²) in [5.74, 6) is 0. The summed E-state index contributed by atoms with van der Waals surface area (Å²) < 4.78 is 31.7. The van der Waals surface area contributed by atoms with E-state index in [1.54, 1.807) is 29.7 Å². The van der Waals surface area contributed by atoms with Gasteiger partial charge in [-0.15, -0.1) is 0 Å². The molecule has 0 radical (unpaired) electrons. The summed E-state index contributed by atoms with van der Waals surface area (Å²) in [7, 11) is -1.81. The van der Waals surface area contributed by atoms with E-state index in [-0.39, 0.29) is 17.0 Å². The summed E-state index contributed by atoms with van der Waals surface area (Å²) in [5, 5.41) is 0. The smallest absolute Gasteiger partial charge is 0.303 e. The van der Waals surface area contributed by atoms with Gasteiger partial charge in [-0.2, -0.15) is 4.31 Å². The van der Waals surface area contributed by atoms with Crippen LogP contribution in [0.2, 0.25) is 0 Å².